The van der Waals surface area contributed by atoms with Gasteiger partial charge >= 0.3 is 0 Å². The van der Waals surface area contributed by atoms with Gasteiger partial charge in [-0.3, -0.25) is 0 Å². The van der Waals surface area contributed by atoms with Crippen molar-refractivity contribution < 1.29 is 9.84 Å². The van der Waals surface area contributed by atoms with Crippen LogP contribution in [-0.2, 0) is 6.42 Å². The lowest BCUT2D eigenvalue weighted by atomic mass is 9.97. The number of aliphatic hydroxyl groups is 1. The fraction of sp³-hybridized carbons (Fsp3) is 0.625. The molecular formula is C16H27NO2. The molecule has 2 atom stereocenters. The monoisotopic (exact) mass is 265 g/mol. The summed E-state index contributed by atoms with van der Waals surface area (Å²) in [6.45, 7) is 8.85. The topological polar surface area (TPSA) is 55.5 Å². The molecule has 1 rings (SSSR count). The van der Waals surface area contributed by atoms with Crippen molar-refractivity contribution in [2.45, 2.75) is 59.1 Å². The van der Waals surface area contributed by atoms with Crippen LogP contribution in [0.3, 0.4) is 0 Å². The van der Waals surface area contributed by atoms with E-state index in [0.29, 0.717) is 6.42 Å². The van der Waals surface area contributed by atoms with E-state index in [1.807, 2.05) is 6.92 Å². The minimum absolute atomic E-state index is 0.173. The van der Waals surface area contributed by atoms with Gasteiger partial charge in [0.15, 0.2) is 0 Å². The molecule has 0 saturated heterocycles. The maximum absolute atomic E-state index is 9.77. The van der Waals surface area contributed by atoms with E-state index < -0.39 is 6.10 Å². The third-order valence-electron chi connectivity index (χ3n) is 3.41. The smallest absolute Gasteiger partial charge is 0.122 e. The summed E-state index contributed by atoms with van der Waals surface area (Å²) in [5, 5.41) is 9.77. The Balaban J connectivity index is 2.72. The van der Waals surface area contributed by atoms with Gasteiger partial charge in [-0.1, -0.05) is 13.0 Å². The highest BCUT2D eigenvalue weighted by Crippen LogP contribution is 2.24. The number of ether oxygens (including phenoxy) is 1. The summed E-state index contributed by atoms with van der Waals surface area (Å²) in [5.74, 6) is 0.968. The van der Waals surface area contributed by atoms with Gasteiger partial charge in [0.2, 0.25) is 0 Å². The van der Waals surface area contributed by atoms with E-state index in [-0.39, 0.29) is 6.04 Å². The van der Waals surface area contributed by atoms with E-state index >= 15 is 0 Å². The predicted molar refractivity (Wildman–Crippen MR) is 79.7 cm³/mol. The Morgan fingerprint density at radius 3 is 2.53 bits per heavy atom. The van der Waals surface area contributed by atoms with Gasteiger partial charge in [-0.15, -0.1) is 0 Å². The molecule has 0 fully saturated rings. The summed E-state index contributed by atoms with van der Waals surface area (Å²) in [6, 6.07) is 4.08. The molecule has 0 amide bonds. The first kappa shape index (κ1) is 16.0. The van der Waals surface area contributed by atoms with Crippen LogP contribution in [0.25, 0.3) is 0 Å². The minimum Gasteiger partial charge on any atom is -0.493 e. The lowest BCUT2D eigenvalue weighted by Gasteiger charge is -2.16. The van der Waals surface area contributed by atoms with Crippen LogP contribution >= 0.6 is 0 Å². The lowest BCUT2D eigenvalue weighted by Crippen LogP contribution is -2.31. The molecule has 0 heterocycles. The molecule has 0 aliphatic rings. The van der Waals surface area contributed by atoms with Crippen LogP contribution in [0, 0.1) is 13.8 Å². The molecule has 3 N–H and O–H groups in total. The van der Waals surface area contributed by atoms with Crippen LogP contribution in [0.15, 0.2) is 12.1 Å². The standard InChI is InChI=1S/C16H27NO2/c1-5-8-19-16-10-11(2)14(9-12(16)3)6-7-15(18)13(4)17/h9-10,13,15,18H,5-8,17H2,1-4H3. The molecule has 0 bridgehead atoms. The zero-order valence-electron chi connectivity index (χ0n) is 12.6. The Morgan fingerprint density at radius 1 is 1.26 bits per heavy atom. The van der Waals surface area contributed by atoms with Crippen molar-refractivity contribution in [2.75, 3.05) is 6.61 Å². The molecule has 0 aromatic heterocycles. The average Bonchev–Trinajstić information content (AvgIpc) is 2.37. The fourth-order valence-electron chi connectivity index (χ4n) is 2.05. The first-order valence-corrected chi connectivity index (χ1v) is 7.12. The van der Waals surface area contributed by atoms with Gasteiger partial charge in [0.05, 0.1) is 12.7 Å². The largest absolute Gasteiger partial charge is 0.493 e. The molecule has 0 aliphatic carbocycles. The van der Waals surface area contributed by atoms with Crippen molar-refractivity contribution in [3.8, 4) is 5.75 Å². The molecule has 108 valence electrons. The number of aryl methyl sites for hydroxylation is 3. The zero-order valence-corrected chi connectivity index (χ0v) is 12.6. The van der Waals surface area contributed by atoms with Crippen LogP contribution in [-0.4, -0.2) is 23.9 Å². The summed E-state index contributed by atoms with van der Waals surface area (Å²) in [5.41, 5.74) is 9.31. The van der Waals surface area contributed by atoms with Crippen LogP contribution in [0.5, 0.6) is 5.75 Å². The second-order valence-electron chi connectivity index (χ2n) is 5.36. The summed E-state index contributed by atoms with van der Waals surface area (Å²) < 4.78 is 5.72. The number of nitrogens with two attached hydrogens (primary N) is 1. The summed E-state index contributed by atoms with van der Waals surface area (Å²) >= 11 is 0. The third kappa shape index (κ3) is 4.84. The van der Waals surface area contributed by atoms with Gasteiger partial charge in [-0.2, -0.15) is 0 Å². The second kappa shape index (κ2) is 7.51. The molecule has 1 aromatic rings. The Kier molecular flexibility index (Phi) is 6.32. The lowest BCUT2D eigenvalue weighted by molar-refractivity contribution is 0.141. The van der Waals surface area contributed by atoms with Crippen molar-refractivity contribution in [3.63, 3.8) is 0 Å². The predicted octanol–water partition coefficient (Wildman–Crippen LogP) is 2.73. The average molecular weight is 265 g/mol. The van der Waals surface area contributed by atoms with E-state index in [2.05, 4.69) is 32.9 Å². The molecule has 0 radical (unpaired) electrons. The molecule has 3 nitrogen and oxygen atoms in total. The van der Waals surface area contributed by atoms with Crippen molar-refractivity contribution >= 4 is 0 Å². The maximum Gasteiger partial charge on any atom is 0.122 e. The number of hydrogen-bond donors (Lipinski definition) is 2. The fourth-order valence-corrected chi connectivity index (χ4v) is 2.05. The normalized spacial score (nSPS) is 14.2. The van der Waals surface area contributed by atoms with E-state index in [1.165, 1.54) is 11.1 Å². The van der Waals surface area contributed by atoms with Gasteiger partial charge in [-0.05, 0) is 62.8 Å². The van der Waals surface area contributed by atoms with E-state index in [0.717, 1.165) is 30.8 Å². The highest BCUT2D eigenvalue weighted by atomic mass is 16.5. The quantitative estimate of drug-likeness (QED) is 0.797. The first-order valence-electron chi connectivity index (χ1n) is 7.12. The maximum atomic E-state index is 9.77. The van der Waals surface area contributed by atoms with Crippen molar-refractivity contribution in [2.24, 2.45) is 5.73 Å². The molecule has 19 heavy (non-hydrogen) atoms. The highest BCUT2D eigenvalue weighted by Gasteiger charge is 2.11. The third-order valence-corrected chi connectivity index (χ3v) is 3.41. The van der Waals surface area contributed by atoms with Crippen LogP contribution in [0.1, 0.15) is 43.4 Å². The number of aliphatic hydroxyl groups excluding tert-OH is 1. The van der Waals surface area contributed by atoms with Gasteiger partial charge < -0.3 is 15.6 Å². The van der Waals surface area contributed by atoms with Gasteiger partial charge in [-0.25, -0.2) is 0 Å². The Hall–Kier alpha value is -1.06. The Bertz CT molecular complexity index is 402. The summed E-state index contributed by atoms with van der Waals surface area (Å²) in [6.07, 6.45) is 2.13. The molecule has 1 aromatic carbocycles. The van der Waals surface area contributed by atoms with Crippen LogP contribution in [0.2, 0.25) is 0 Å². The molecule has 2 unspecified atom stereocenters. The van der Waals surface area contributed by atoms with E-state index in [1.54, 1.807) is 0 Å². The van der Waals surface area contributed by atoms with E-state index in [4.69, 9.17) is 10.5 Å². The molecular weight excluding hydrogens is 238 g/mol. The molecule has 0 spiro atoms. The van der Waals surface area contributed by atoms with Crippen LogP contribution in [0.4, 0.5) is 0 Å². The van der Waals surface area contributed by atoms with Crippen molar-refractivity contribution in [3.05, 3.63) is 28.8 Å². The number of benzene rings is 1. The zero-order chi connectivity index (χ0) is 14.4. The van der Waals surface area contributed by atoms with Gasteiger partial charge in [0, 0.05) is 6.04 Å². The summed E-state index contributed by atoms with van der Waals surface area (Å²) in [7, 11) is 0. The van der Waals surface area contributed by atoms with Crippen molar-refractivity contribution in [1.82, 2.24) is 0 Å². The minimum atomic E-state index is -0.435. The van der Waals surface area contributed by atoms with E-state index in [9.17, 15) is 5.11 Å². The Morgan fingerprint density at radius 2 is 1.95 bits per heavy atom. The van der Waals surface area contributed by atoms with Crippen LogP contribution < -0.4 is 10.5 Å². The SMILES string of the molecule is CCCOc1cc(C)c(CCC(O)C(C)N)cc1C. The van der Waals surface area contributed by atoms with Crippen molar-refractivity contribution in [1.29, 1.82) is 0 Å². The number of rotatable bonds is 7. The first-order chi connectivity index (χ1) is 8.95. The summed E-state index contributed by atoms with van der Waals surface area (Å²) in [4.78, 5) is 0. The molecule has 0 saturated carbocycles. The second-order valence-corrected chi connectivity index (χ2v) is 5.36. The number of hydrogen-bond acceptors (Lipinski definition) is 3. The van der Waals surface area contributed by atoms with Gasteiger partial charge in [0.1, 0.15) is 5.75 Å². The molecule has 3 heteroatoms. The van der Waals surface area contributed by atoms with Gasteiger partial charge in [0.25, 0.3) is 0 Å². The molecule has 0 aliphatic heterocycles. The highest BCUT2D eigenvalue weighted by molar-refractivity contribution is 5.41. The Labute approximate surface area is 116 Å².